The van der Waals surface area contributed by atoms with Crippen LogP contribution in [0.2, 0.25) is 15.1 Å². The predicted octanol–water partition coefficient (Wildman–Crippen LogP) is 5.73. The first kappa shape index (κ1) is 14.8. The average Bonchev–Trinajstić information content (AvgIpc) is 2.37. The Balaban J connectivity index is 2.12. The summed E-state index contributed by atoms with van der Waals surface area (Å²) in [5.41, 5.74) is 1.79. The zero-order valence-electron chi connectivity index (χ0n) is 9.55. The molecule has 0 fully saturated rings. The number of nitrogens with one attached hydrogen (secondary N) is 1. The minimum Gasteiger partial charge on any atom is -0.505 e. The molecule has 0 bridgehead atoms. The first-order valence-corrected chi connectivity index (χ1v) is 7.26. The molecule has 2 rings (SSSR count). The van der Waals surface area contributed by atoms with E-state index in [1.165, 1.54) is 0 Å². The van der Waals surface area contributed by atoms with Crippen molar-refractivity contribution in [2.45, 2.75) is 6.54 Å². The second-order valence-corrected chi connectivity index (χ2v) is 5.97. The minimum atomic E-state index is -0.108. The molecule has 2 aromatic rings. The zero-order valence-corrected chi connectivity index (χ0v) is 13.4. The fourth-order valence-electron chi connectivity index (χ4n) is 1.52. The molecule has 0 aliphatic rings. The number of anilines is 1. The van der Waals surface area contributed by atoms with Crippen LogP contribution in [0.1, 0.15) is 5.56 Å². The van der Waals surface area contributed by atoms with Gasteiger partial charge in [-0.3, -0.25) is 0 Å². The average molecular weight is 381 g/mol. The molecule has 0 atom stereocenters. The van der Waals surface area contributed by atoms with Gasteiger partial charge in [0.15, 0.2) is 5.75 Å². The summed E-state index contributed by atoms with van der Waals surface area (Å²) in [5, 5.41) is 13.7. The van der Waals surface area contributed by atoms with E-state index in [1.807, 2.05) is 18.2 Å². The van der Waals surface area contributed by atoms with Gasteiger partial charge in [0.1, 0.15) is 0 Å². The summed E-state index contributed by atoms with van der Waals surface area (Å²) < 4.78 is 0.843. The van der Waals surface area contributed by atoms with Gasteiger partial charge in [-0.1, -0.05) is 40.9 Å². The minimum absolute atomic E-state index is 0.108. The van der Waals surface area contributed by atoms with Crippen molar-refractivity contribution in [1.82, 2.24) is 0 Å². The highest BCUT2D eigenvalue weighted by Gasteiger charge is 2.06. The second-order valence-electron chi connectivity index (χ2n) is 3.89. The fourth-order valence-corrected chi connectivity index (χ4v) is 2.55. The smallest absolute Gasteiger partial charge is 0.152 e. The van der Waals surface area contributed by atoms with Crippen LogP contribution in [0.25, 0.3) is 0 Å². The SMILES string of the molecule is Oc1c(Cl)cc(NCc2ccc(Cl)c(Br)c2)cc1Cl. The van der Waals surface area contributed by atoms with E-state index in [4.69, 9.17) is 34.8 Å². The molecule has 0 radical (unpaired) electrons. The zero-order chi connectivity index (χ0) is 14.0. The van der Waals surface area contributed by atoms with Crippen LogP contribution in [0.3, 0.4) is 0 Å². The van der Waals surface area contributed by atoms with Gasteiger partial charge in [0, 0.05) is 16.7 Å². The molecule has 100 valence electrons. The summed E-state index contributed by atoms with van der Waals surface area (Å²) in [6.07, 6.45) is 0. The van der Waals surface area contributed by atoms with Crippen molar-refractivity contribution in [1.29, 1.82) is 0 Å². The van der Waals surface area contributed by atoms with Gasteiger partial charge in [0.05, 0.1) is 15.1 Å². The number of aromatic hydroxyl groups is 1. The van der Waals surface area contributed by atoms with Gasteiger partial charge in [-0.25, -0.2) is 0 Å². The van der Waals surface area contributed by atoms with E-state index in [1.54, 1.807) is 12.1 Å². The molecular formula is C13H9BrCl3NO. The summed E-state index contributed by atoms with van der Waals surface area (Å²) in [6, 6.07) is 8.91. The summed E-state index contributed by atoms with van der Waals surface area (Å²) >= 11 is 21.0. The third-order valence-electron chi connectivity index (χ3n) is 2.50. The Kier molecular flexibility index (Phi) is 4.85. The van der Waals surface area contributed by atoms with Crippen molar-refractivity contribution in [2.24, 2.45) is 0 Å². The normalized spacial score (nSPS) is 10.5. The number of phenolic OH excluding ortho intramolecular Hbond substituents is 1. The largest absolute Gasteiger partial charge is 0.505 e. The lowest BCUT2D eigenvalue weighted by Crippen LogP contribution is -1.99. The molecule has 0 aliphatic carbocycles. The van der Waals surface area contributed by atoms with Crippen molar-refractivity contribution >= 4 is 56.4 Å². The van der Waals surface area contributed by atoms with E-state index in [0.717, 1.165) is 15.7 Å². The lowest BCUT2D eigenvalue weighted by molar-refractivity contribution is 0.476. The number of benzene rings is 2. The van der Waals surface area contributed by atoms with Gasteiger partial charge in [0.25, 0.3) is 0 Å². The summed E-state index contributed by atoms with van der Waals surface area (Å²) in [7, 11) is 0. The standard InChI is InChI=1S/C13H9BrCl3NO/c14-9-3-7(1-2-10(9)15)6-18-8-4-11(16)13(19)12(17)5-8/h1-5,18-19H,6H2. The van der Waals surface area contributed by atoms with Gasteiger partial charge in [-0.15, -0.1) is 0 Å². The van der Waals surface area contributed by atoms with Crippen molar-refractivity contribution in [3.63, 3.8) is 0 Å². The van der Waals surface area contributed by atoms with Crippen molar-refractivity contribution in [3.05, 3.63) is 55.4 Å². The molecule has 0 heterocycles. The van der Waals surface area contributed by atoms with Gasteiger partial charge >= 0.3 is 0 Å². The van der Waals surface area contributed by atoms with Gasteiger partial charge < -0.3 is 10.4 Å². The Bertz CT molecular complexity index is 596. The summed E-state index contributed by atoms with van der Waals surface area (Å²) in [5.74, 6) is -0.108. The molecule has 0 saturated heterocycles. The molecular weight excluding hydrogens is 372 g/mol. The first-order valence-electron chi connectivity index (χ1n) is 5.33. The van der Waals surface area contributed by atoms with Crippen LogP contribution in [0.5, 0.6) is 5.75 Å². The van der Waals surface area contributed by atoms with E-state index in [-0.39, 0.29) is 15.8 Å². The van der Waals surface area contributed by atoms with Gasteiger partial charge in [-0.05, 0) is 45.8 Å². The molecule has 2 nitrogen and oxygen atoms in total. The van der Waals surface area contributed by atoms with Crippen LogP contribution in [0, 0.1) is 0 Å². The van der Waals surface area contributed by atoms with Crippen LogP contribution < -0.4 is 5.32 Å². The number of phenols is 1. The van der Waals surface area contributed by atoms with Gasteiger partial charge in [0.2, 0.25) is 0 Å². The summed E-state index contributed by atoms with van der Waals surface area (Å²) in [4.78, 5) is 0. The van der Waals surface area contributed by atoms with E-state index in [2.05, 4.69) is 21.2 Å². The molecule has 2 aromatic carbocycles. The van der Waals surface area contributed by atoms with Crippen LogP contribution in [-0.4, -0.2) is 5.11 Å². The Morgan fingerprint density at radius 1 is 1.00 bits per heavy atom. The van der Waals surface area contributed by atoms with Crippen LogP contribution in [0.4, 0.5) is 5.69 Å². The molecule has 0 amide bonds. The van der Waals surface area contributed by atoms with Crippen LogP contribution >= 0.6 is 50.7 Å². The lowest BCUT2D eigenvalue weighted by atomic mass is 10.2. The first-order chi connectivity index (χ1) is 8.97. The number of hydrogen-bond acceptors (Lipinski definition) is 2. The fraction of sp³-hybridized carbons (Fsp3) is 0.0769. The highest BCUT2D eigenvalue weighted by atomic mass is 79.9. The highest BCUT2D eigenvalue weighted by molar-refractivity contribution is 9.10. The molecule has 0 spiro atoms. The highest BCUT2D eigenvalue weighted by Crippen LogP contribution is 2.34. The maximum Gasteiger partial charge on any atom is 0.152 e. The summed E-state index contributed by atoms with van der Waals surface area (Å²) in [6.45, 7) is 0.590. The molecule has 6 heteroatoms. The maximum atomic E-state index is 9.47. The number of halogens is 4. The van der Waals surface area contributed by atoms with E-state index in [9.17, 15) is 5.11 Å². The molecule has 0 aromatic heterocycles. The Morgan fingerprint density at radius 2 is 1.63 bits per heavy atom. The number of hydrogen-bond donors (Lipinski definition) is 2. The molecule has 0 aliphatic heterocycles. The Labute approximate surface area is 134 Å². The number of rotatable bonds is 3. The molecule has 2 N–H and O–H groups in total. The van der Waals surface area contributed by atoms with Crippen LogP contribution in [-0.2, 0) is 6.54 Å². The van der Waals surface area contributed by atoms with E-state index < -0.39 is 0 Å². The lowest BCUT2D eigenvalue weighted by Gasteiger charge is -2.09. The molecule has 0 saturated carbocycles. The predicted molar refractivity (Wildman–Crippen MR) is 84.6 cm³/mol. The monoisotopic (exact) mass is 379 g/mol. The molecule has 19 heavy (non-hydrogen) atoms. The molecule has 0 unspecified atom stereocenters. The quantitative estimate of drug-likeness (QED) is 0.666. The van der Waals surface area contributed by atoms with E-state index in [0.29, 0.717) is 11.6 Å². The van der Waals surface area contributed by atoms with Crippen molar-refractivity contribution < 1.29 is 5.11 Å². The Hall–Kier alpha value is -0.610. The third kappa shape index (κ3) is 3.69. The van der Waals surface area contributed by atoms with E-state index >= 15 is 0 Å². The van der Waals surface area contributed by atoms with Crippen LogP contribution in [0.15, 0.2) is 34.8 Å². The second kappa shape index (κ2) is 6.23. The van der Waals surface area contributed by atoms with Gasteiger partial charge in [-0.2, -0.15) is 0 Å². The Morgan fingerprint density at radius 3 is 2.21 bits per heavy atom. The van der Waals surface area contributed by atoms with Crippen molar-refractivity contribution in [2.75, 3.05) is 5.32 Å². The van der Waals surface area contributed by atoms with Crippen molar-refractivity contribution in [3.8, 4) is 5.75 Å². The third-order valence-corrected chi connectivity index (χ3v) is 4.29. The topological polar surface area (TPSA) is 32.3 Å². The maximum absolute atomic E-state index is 9.47.